The molecule has 3 nitrogen and oxygen atoms in total. The van der Waals surface area contributed by atoms with Crippen LogP contribution in [-0.4, -0.2) is 41.7 Å². The first-order valence-corrected chi connectivity index (χ1v) is 5.97. The van der Waals surface area contributed by atoms with E-state index in [-0.39, 0.29) is 17.5 Å². The van der Waals surface area contributed by atoms with Crippen molar-refractivity contribution in [3.8, 4) is 0 Å². The van der Waals surface area contributed by atoms with Crippen LogP contribution >= 0.6 is 0 Å². The third-order valence-electron chi connectivity index (χ3n) is 3.13. The second kappa shape index (κ2) is 5.63. The molecular weight excluding hydrogens is 257 g/mol. The Labute approximate surface area is 108 Å². The van der Waals surface area contributed by atoms with Gasteiger partial charge >= 0.3 is 0 Å². The maximum absolute atomic E-state index is 13.7. The molecule has 2 rings (SSSR count). The van der Waals surface area contributed by atoms with Crippen LogP contribution in [0.25, 0.3) is 10.9 Å². The molecule has 2 N–H and O–H groups in total. The highest BCUT2D eigenvalue weighted by molar-refractivity contribution is 5.84. The lowest BCUT2D eigenvalue weighted by atomic mass is 10.1. The molecule has 0 aliphatic heterocycles. The van der Waals surface area contributed by atoms with Crippen molar-refractivity contribution in [1.82, 2.24) is 9.88 Å². The molecule has 0 saturated carbocycles. The van der Waals surface area contributed by atoms with Gasteiger partial charge in [-0.1, -0.05) is 0 Å². The van der Waals surface area contributed by atoms with E-state index in [4.69, 9.17) is 5.11 Å². The van der Waals surface area contributed by atoms with Gasteiger partial charge in [-0.05, 0) is 19.0 Å². The normalized spacial score (nSPS) is 11.7. The minimum absolute atomic E-state index is 0.0403. The summed E-state index contributed by atoms with van der Waals surface area (Å²) >= 11 is 0. The van der Waals surface area contributed by atoms with E-state index >= 15 is 0 Å². The van der Waals surface area contributed by atoms with E-state index in [0.29, 0.717) is 25.1 Å². The van der Waals surface area contributed by atoms with Crippen molar-refractivity contribution >= 4 is 10.9 Å². The van der Waals surface area contributed by atoms with Crippen LogP contribution in [0.1, 0.15) is 5.56 Å². The third kappa shape index (κ3) is 2.74. The van der Waals surface area contributed by atoms with Crippen molar-refractivity contribution in [3.63, 3.8) is 0 Å². The lowest BCUT2D eigenvalue weighted by Crippen LogP contribution is -2.24. The molecule has 1 heterocycles. The molecule has 19 heavy (non-hydrogen) atoms. The van der Waals surface area contributed by atoms with Crippen molar-refractivity contribution in [2.45, 2.75) is 6.42 Å². The van der Waals surface area contributed by atoms with Crippen LogP contribution in [0, 0.1) is 17.5 Å². The maximum Gasteiger partial charge on any atom is 0.195 e. The predicted octanol–water partition coefficient (Wildman–Crippen LogP) is 2.05. The molecule has 1 aromatic carbocycles. The highest BCUT2D eigenvalue weighted by Crippen LogP contribution is 2.26. The number of nitrogens with zero attached hydrogens (tertiary/aromatic N) is 1. The summed E-state index contributed by atoms with van der Waals surface area (Å²) in [7, 11) is 1.82. The number of aliphatic hydroxyl groups is 1. The number of rotatable bonds is 5. The second-order valence-electron chi connectivity index (χ2n) is 4.50. The average molecular weight is 272 g/mol. The van der Waals surface area contributed by atoms with Crippen LogP contribution < -0.4 is 0 Å². The lowest BCUT2D eigenvalue weighted by Gasteiger charge is -2.14. The van der Waals surface area contributed by atoms with Gasteiger partial charge in [0.2, 0.25) is 0 Å². The Morgan fingerprint density at radius 2 is 1.95 bits per heavy atom. The van der Waals surface area contributed by atoms with Crippen molar-refractivity contribution in [2.75, 3.05) is 26.7 Å². The van der Waals surface area contributed by atoms with Crippen molar-refractivity contribution < 1.29 is 18.3 Å². The average Bonchev–Trinajstić information content (AvgIpc) is 2.77. The van der Waals surface area contributed by atoms with Gasteiger partial charge in [0.15, 0.2) is 17.5 Å². The third-order valence-corrected chi connectivity index (χ3v) is 3.13. The zero-order valence-corrected chi connectivity index (χ0v) is 10.5. The first-order valence-electron chi connectivity index (χ1n) is 5.97. The summed E-state index contributed by atoms with van der Waals surface area (Å²) in [6, 6.07) is 0.953. The van der Waals surface area contributed by atoms with E-state index in [1.54, 1.807) is 6.20 Å². The number of aliphatic hydroxyl groups excluding tert-OH is 1. The Kier molecular flexibility index (Phi) is 4.11. The SMILES string of the molecule is CN(CCO)CCc1c[nH]c2cc(F)c(F)c(F)c12. The van der Waals surface area contributed by atoms with Gasteiger partial charge in [-0.2, -0.15) is 0 Å². The number of nitrogens with one attached hydrogen (secondary N) is 1. The molecule has 104 valence electrons. The first-order chi connectivity index (χ1) is 9.04. The van der Waals surface area contributed by atoms with Gasteiger partial charge in [0.25, 0.3) is 0 Å². The van der Waals surface area contributed by atoms with Crippen LogP contribution in [0.15, 0.2) is 12.3 Å². The summed E-state index contributed by atoms with van der Waals surface area (Å²) in [4.78, 5) is 4.61. The van der Waals surface area contributed by atoms with Crippen LogP contribution in [0.2, 0.25) is 0 Å². The van der Waals surface area contributed by atoms with Crippen LogP contribution in [0.5, 0.6) is 0 Å². The van der Waals surface area contributed by atoms with Crippen molar-refractivity contribution in [2.24, 2.45) is 0 Å². The number of aromatic nitrogens is 1. The molecule has 2 aromatic rings. The van der Waals surface area contributed by atoms with Gasteiger partial charge in [0, 0.05) is 30.7 Å². The Morgan fingerprint density at radius 3 is 2.63 bits per heavy atom. The summed E-state index contributed by atoms with van der Waals surface area (Å²) in [6.07, 6.45) is 2.04. The van der Waals surface area contributed by atoms with Gasteiger partial charge in [-0.25, -0.2) is 13.2 Å². The summed E-state index contributed by atoms with van der Waals surface area (Å²) in [5.41, 5.74) is 0.840. The number of hydrogen-bond donors (Lipinski definition) is 2. The predicted molar refractivity (Wildman–Crippen MR) is 66.5 cm³/mol. The number of benzene rings is 1. The summed E-state index contributed by atoms with van der Waals surface area (Å²) < 4.78 is 40.0. The monoisotopic (exact) mass is 272 g/mol. The zero-order valence-electron chi connectivity index (χ0n) is 10.5. The highest BCUT2D eigenvalue weighted by Gasteiger charge is 2.17. The Morgan fingerprint density at radius 1 is 1.21 bits per heavy atom. The summed E-state index contributed by atoms with van der Waals surface area (Å²) in [5, 5.41) is 8.87. The summed E-state index contributed by atoms with van der Waals surface area (Å²) in [5.74, 6) is -3.80. The number of H-pyrrole nitrogens is 1. The zero-order chi connectivity index (χ0) is 14.0. The van der Waals surface area contributed by atoms with E-state index < -0.39 is 17.5 Å². The van der Waals surface area contributed by atoms with E-state index in [1.807, 2.05) is 11.9 Å². The molecule has 0 radical (unpaired) electrons. The molecule has 0 atom stereocenters. The van der Waals surface area contributed by atoms with Crippen LogP contribution in [0.3, 0.4) is 0 Å². The highest BCUT2D eigenvalue weighted by atomic mass is 19.2. The largest absolute Gasteiger partial charge is 0.395 e. The van der Waals surface area contributed by atoms with Gasteiger partial charge in [-0.15, -0.1) is 0 Å². The first kappa shape index (κ1) is 13.9. The molecule has 0 bridgehead atoms. The van der Waals surface area contributed by atoms with Gasteiger partial charge in [-0.3, -0.25) is 0 Å². The van der Waals surface area contributed by atoms with Gasteiger partial charge in [0.05, 0.1) is 12.1 Å². The number of fused-ring (bicyclic) bond motifs is 1. The van der Waals surface area contributed by atoms with Gasteiger partial charge in [0.1, 0.15) is 0 Å². The molecule has 0 fully saturated rings. The van der Waals surface area contributed by atoms with E-state index in [0.717, 1.165) is 6.07 Å². The fourth-order valence-electron chi connectivity index (χ4n) is 2.05. The van der Waals surface area contributed by atoms with Crippen LogP contribution in [0.4, 0.5) is 13.2 Å². The molecule has 0 aliphatic rings. The maximum atomic E-state index is 13.7. The number of halogens is 3. The summed E-state index contributed by atoms with van der Waals surface area (Å²) in [6.45, 7) is 1.14. The molecule has 0 aliphatic carbocycles. The molecule has 0 saturated heterocycles. The Hall–Kier alpha value is -1.53. The minimum Gasteiger partial charge on any atom is -0.395 e. The van der Waals surface area contributed by atoms with E-state index in [2.05, 4.69) is 4.98 Å². The topological polar surface area (TPSA) is 39.3 Å². The number of likely N-dealkylation sites (N-methyl/N-ethyl adjacent to an activating group) is 1. The fourth-order valence-corrected chi connectivity index (χ4v) is 2.05. The van der Waals surface area contributed by atoms with Gasteiger partial charge < -0.3 is 15.0 Å². The molecule has 6 heteroatoms. The fraction of sp³-hybridized carbons (Fsp3) is 0.385. The molecule has 0 unspecified atom stereocenters. The number of hydrogen-bond acceptors (Lipinski definition) is 2. The minimum atomic E-state index is -1.45. The van der Waals surface area contributed by atoms with E-state index in [9.17, 15) is 13.2 Å². The number of aromatic amines is 1. The molecule has 0 amide bonds. The molecular formula is C13H15F3N2O. The van der Waals surface area contributed by atoms with E-state index in [1.165, 1.54) is 0 Å². The second-order valence-corrected chi connectivity index (χ2v) is 4.50. The molecule has 1 aromatic heterocycles. The Balaban J connectivity index is 2.27. The standard InChI is InChI=1S/C13H15F3N2O/c1-18(4-5-19)3-2-8-7-17-10-6-9(14)12(15)13(16)11(8)10/h6-7,17,19H,2-5H2,1H3. The quantitative estimate of drug-likeness (QED) is 0.818. The van der Waals surface area contributed by atoms with Crippen LogP contribution in [-0.2, 0) is 6.42 Å². The lowest BCUT2D eigenvalue weighted by molar-refractivity contribution is 0.223. The van der Waals surface area contributed by atoms with Crippen molar-refractivity contribution in [3.05, 3.63) is 35.3 Å². The smallest absolute Gasteiger partial charge is 0.195 e. The van der Waals surface area contributed by atoms with Crippen molar-refractivity contribution in [1.29, 1.82) is 0 Å². The molecule has 0 spiro atoms. The Bertz CT molecular complexity index is 583.